The van der Waals surface area contributed by atoms with Gasteiger partial charge in [0.2, 0.25) is 0 Å². The second-order valence-corrected chi connectivity index (χ2v) is 2.89. The summed E-state index contributed by atoms with van der Waals surface area (Å²) in [5.41, 5.74) is 4.95. The molecule has 0 aromatic carbocycles. The molecule has 0 spiro atoms. The molecule has 15 heavy (non-hydrogen) atoms. The van der Waals surface area contributed by atoms with E-state index in [-0.39, 0.29) is 16.9 Å². The van der Waals surface area contributed by atoms with Crippen molar-refractivity contribution in [3.63, 3.8) is 0 Å². The van der Waals surface area contributed by atoms with Gasteiger partial charge in [0.25, 0.3) is 6.43 Å². The molecule has 0 fully saturated rings. The molecule has 4 nitrogen and oxygen atoms in total. The number of alkyl halides is 2. The predicted octanol–water partition coefficient (Wildman–Crippen LogP) is 1.70. The third kappa shape index (κ3) is 2.03. The zero-order valence-electron chi connectivity index (χ0n) is 8.25. The molecule has 6 heteroatoms. The molecule has 1 aromatic heterocycles. The van der Waals surface area contributed by atoms with E-state index in [2.05, 4.69) is 9.72 Å². The average molecular weight is 216 g/mol. The summed E-state index contributed by atoms with van der Waals surface area (Å²) in [6.07, 6.45) is -1.90. The van der Waals surface area contributed by atoms with E-state index in [0.29, 0.717) is 0 Å². The Hall–Kier alpha value is -1.72. The third-order valence-corrected chi connectivity index (χ3v) is 2.02. The number of esters is 1. The highest BCUT2D eigenvalue weighted by Gasteiger charge is 2.23. The Kier molecular flexibility index (Phi) is 3.18. The quantitative estimate of drug-likeness (QED) is 0.764. The average Bonchev–Trinajstić information content (AvgIpc) is 2.20. The number of hydrogen-bond acceptors (Lipinski definition) is 4. The van der Waals surface area contributed by atoms with Gasteiger partial charge >= 0.3 is 5.97 Å². The first-order chi connectivity index (χ1) is 6.99. The van der Waals surface area contributed by atoms with Gasteiger partial charge in [-0.05, 0) is 6.92 Å². The summed E-state index contributed by atoms with van der Waals surface area (Å²) in [6, 6.07) is 0. The summed E-state index contributed by atoms with van der Waals surface area (Å²) in [7, 11) is 1.12. The number of ether oxygens (including phenoxy) is 1. The van der Waals surface area contributed by atoms with Gasteiger partial charge in [-0.2, -0.15) is 0 Å². The van der Waals surface area contributed by atoms with Crippen molar-refractivity contribution in [1.82, 2.24) is 4.98 Å². The number of hydrogen-bond donors (Lipinski definition) is 1. The topological polar surface area (TPSA) is 65.2 Å². The second-order valence-electron chi connectivity index (χ2n) is 2.89. The SMILES string of the molecule is COC(=O)c1c(C(F)F)cnc(N)c1C. The lowest BCUT2D eigenvalue weighted by atomic mass is 10.1. The molecule has 0 saturated heterocycles. The number of rotatable bonds is 2. The number of aromatic nitrogens is 1. The van der Waals surface area contributed by atoms with Crippen molar-refractivity contribution in [1.29, 1.82) is 0 Å². The molecular formula is C9H10F2N2O2. The molecule has 82 valence electrons. The highest BCUT2D eigenvalue weighted by atomic mass is 19.3. The van der Waals surface area contributed by atoms with E-state index in [9.17, 15) is 13.6 Å². The second kappa shape index (κ2) is 4.20. The lowest BCUT2D eigenvalue weighted by Crippen LogP contribution is -2.11. The molecule has 0 unspecified atom stereocenters. The highest BCUT2D eigenvalue weighted by molar-refractivity contribution is 5.93. The minimum atomic E-state index is -2.79. The van der Waals surface area contributed by atoms with Crippen LogP contribution in [0.2, 0.25) is 0 Å². The smallest absolute Gasteiger partial charge is 0.338 e. The van der Waals surface area contributed by atoms with E-state index in [0.717, 1.165) is 13.3 Å². The van der Waals surface area contributed by atoms with Gasteiger partial charge in [-0.25, -0.2) is 18.6 Å². The van der Waals surface area contributed by atoms with Gasteiger partial charge in [0.15, 0.2) is 0 Å². The van der Waals surface area contributed by atoms with Crippen LogP contribution in [0, 0.1) is 6.92 Å². The largest absolute Gasteiger partial charge is 0.465 e. The van der Waals surface area contributed by atoms with Crippen molar-refractivity contribution in [2.45, 2.75) is 13.3 Å². The molecule has 0 aliphatic carbocycles. The number of carbonyl (C=O) groups is 1. The van der Waals surface area contributed by atoms with Gasteiger partial charge in [-0.3, -0.25) is 0 Å². The van der Waals surface area contributed by atoms with Crippen molar-refractivity contribution in [3.8, 4) is 0 Å². The Bertz CT molecular complexity index is 394. The molecule has 0 amide bonds. The van der Waals surface area contributed by atoms with Crippen LogP contribution in [-0.4, -0.2) is 18.1 Å². The van der Waals surface area contributed by atoms with E-state index >= 15 is 0 Å². The van der Waals surface area contributed by atoms with Crippen molar-refractivity contribution in [3.05, 3.63) is 22.9 Å². The van der Waals surface area contributed by atoms with Gasteiger partial charge < -0.3 is 10.5 Å². The van der Waals surface area contributed by atoms with Crippen molar-refractivity contribution >= 4 is 11.8 Å². The fraction of sp³-hybridized carbons (Fsp3) is 0.333. The molecule has 0 saturated carbocycles. The van der Waals surface area contributed by atoms with E-state index in [4.69, 9.17) is 5.73 Å². The molecule has 0 aliphatic rings. The monoisotopic (exact) mass is 216 g/mol. The summed E-state index contributed by atoms with van der Waals surface area (Å²) < 4.78 is 29.5. The fourth-order valence-electron chi connectivity index (χ4n) is 1.18. The molecule has 0 aliphatic heterocycles. The summed E-state index contributed by atoms with van der Waals surface area (Å²) in [5.74, 6) is -0.795. The third-order valence-electron chi connectivity index (χ3n) is 2.02. The molecule has 1 aromatic rings. The van der Waals surface area contributed by atoms with Crippen LogP contribution in [-0.2, 0) is 4.74 Å². The van der Waals surface area contributed by atoms with Crippen LogP contribution >= 0.6 is 0 Å². The Labute approximate surface area is 85.1 Å². The number of nitrogens with two attached hydrogens (primary N) is 1. The maximum Gasteiger partial charge on any atom is 0.338 e. The Morgan fingerprint density at radius 3 is 2.67 bits per heavy atom. The first-order valence-electron chi connectivity index (χ1n) is 4.10. The minimum absolute atomic E-state index is 0.0415. The van der Waals surface area contributed by atoms with Crippen LogP contribution in [0.15, 0.2) is 6.20 Å². The highest BCUT2D eigenvalue weighted by Crippen LogP contribution is 2.27. The lowest BCUT2D eigenvalue weighted by molar-refractivity contribution is 0.0588. The Morgan fingerprint density at radius 2 is 2.20 bits per heavy atom. The maximum atomic E-state index is 12.5. The molecule has 2 N–H and O–H groups in total. The Morgan fingerprint density at radius 1 is 1.60 bits per heavy atom. The van der Waals surface area contributed by atoms with Crippen LogP contribution in [0.4, 0.5) is 14.6 Å². The fourth-order valence-corrected chi connectivity index (χ4v) is 1.18. The van der Waals surface area contributed by atoms with Gasteiger partial charge in [-0.15, -0.1) is 0 Å². The zero-order valence-corrected chi connectivity index (χ0v) is 8.25. The lowest BCUT2D eigenvalue weighted by Gasteiger charge is -2.10. The number of nitrogen functional groups attached to an aromatic ring is 1. The molecule has 1 heterocycles. The van der Waals surface area contributed by atoms with Gasteiger partial charge in [0, 0.05) is 11.8 Å². The summed E-state index contributed by atoms with van der Waals surface area (Å²) >= 11 is 0. The minimum Gasteiger partial charge on any atom is -0.465 e. The molecule has 0 atom stereocenters. The van der Waals surface area contributed by atoms with Crippen LogP contribution in [0.5, 0.6) is 0 Å². The standard InChI is InChI=1S/C9H10F2N2O2/c1-4-6(9(14)15-2)5(7(10)11)3-13-8(4)12/h3,7H,1-2H3,(H2,12,13). The van der Waals surface area contributed by atoms with Crippen LogP contribution in [0.1, 0.15) is 27.9 Å². The van der Waals surface area contributed by atoms with Crippen LogP contribution in [0.3, 0.4) is 0 Å². The normalized spacial score (nSPS) is 10.5. The van der Waals surface area contributed by atoms with Crippen LogP contribution in [0.25, 0.3) is 0 Å². The van der Waals surface area contributed by atoms with Crippen LogP contribution < -0.4 is 5.73 Å². The first-order valence-corrected chi connectivity index (χ1v) is 4.10. The summed E-state index contributed by atoms with van der Waals surface area (Å²) in [4.78, 5) is 14.8. The van der Waals surface area contributed by atoms with Crippen molar-refractivity contribution in [2.75, 3.05) is 12.8 Å². The van der Waals surface area contributed by atoms with Gasteiger partial charge in [0.1, 0.15) is 5.82 Å². The van der Waals surface area contributed by atoms with E-state index < -0.39 is 18.0 Å². The van der Waals surface area contributed by atoms with Gasteiger partial charge in [0.05, 0.1) is 18.2 Å². The number of anilines is 1. The van der Waals surface area contributed by atoms with E-state index in [1.807, 2.05) is 0 Å². The number of carbonyl (C=O) groups excluding carboxylic acids is 1. The number of nitrogens with zero attached hydrogens (tertiary/aromatic N) is 1. The van der Waals surface area contributed by atoms with Crippen molar-refractivity contribution in [2.24, 2.45) is 0 Å². The number of halogens is 2. The molecular weight excluding hydrogens is 206 g/mol. The molecule has 0 bridgehead atoms. The zero-order chi connectivity index (χ0) is 11.6. The Balaban J connectivity index is 3.41. The number of pyridine rings is 1. The molecule has 0 radical (unpaired) electrons. The van der Waals surface area contributed by atoms with E-state index in [1.54, 1.807) is 0 Å². The first kappa shape index (κ1) is 11.4. The summed E-state index contributed by atoms with van der Waals surface area (Å²) in [6.45, 7) is 1.44. The predicted molar refractivity (Wildman–Crippen MR) is 49.7 cm³/mol. The number of methoxy groups -OCH3 is 1. The van der Waals surface area contributed by atoms with Crippen molar-refractivity contribution < 1.29 is 18.3 Å². The van der Waals surface area contributed by atoms with E-state index in [1.165, 1.54) is 6.92 Å². The molecule has 1 rings (SSSR count). The maximum absolute atomic E-state index is 12.5. The summed E-state index contributed by atoms with van der Waals surface area (Å²) in [5, 5.41) is 0. The van der Waals surface area contributed by atoms with Gasteiger partial charge in [-0.1, -0.05) is 0 Å².